The number of amides is 1. The molecule has 2 heterocycles. The number of aromatic nitrogens is 2. The summed E-state index contributed by atoms with van der Waals surface area (Å²) in [5.74, 6) is -0.427. The third-order valence-corrected chi connectivity index (χ3v) is 6.40. The normalized spacial score (nSPS) is 15.8. The molecule has 1 atom stereocenters. The quantitative estimate of drug-likeness (QED) is 0.713. The lowest BCUT2D eigenvalue weighted by atomic mass is 9.88. The van der Waals surface area contributed by atoms with Crippen molar-refractivity contribution in [2.75, 3.05) is 11.9 Å². The zero-order chi connectivity index (χ0) is 20.4. The highest BCUT2D eigenvalue weighted by Crippen LogP contribution is 2.40. The number of hydrogen-bond donors (Lipinski definition) is 1. The number of thiophene rings is 1. The molecule has 28 heavy (non-hydrogen) atoms. The average molecular weight is 444 g/mol. The van der Waals surface area contributed by atoms with Crippen LogP contribution >= 0.6 is 34.5 Å². The number of hydrogen-bond acceptors (Lipinski definition) is 6. The molecule has 0 fully saturated rings. The van der Waals surface area contributed by atoms with Gasteiger partial charge in [-0.05, 0) is 37.7 Å². The minimum absolute atomic E-state index is 0.0213. The van der Waals surface area contributed by atoms with Crippen molar-refractivity contribution in [3.05, 3.63) is 42.6 Å². The Morgan fingerprint density at radius 2 is 2.18 bits per heavy atom. The largest absolute Gasteiger partial charge is 0.462 e. The van der Waals surface area contributed by atoms with E-state index in [-0.39, 0.29) is 23.2 Å². The van der Waals surface area contributed by atoms with Gasteiger partial charge in [-0.2, -0.15) is 5.10 Å². The summed E-state index contributed by atoms with van der Waals surface area (Å²) in [6.45, 7) is 3.79. The Bertz CT molecular complexity index is 986. The Morgan fingerprint density at radius 1 is 1.43 bits per heavy atom. The zero-order valence-electron chi connectivity index (χ0n) is 15.4. The van der Waals surface area contributed by atoms with E-state index in [1.807, 2.05) is 0 Å². The van der Waals surface area contributed by atoms with Crippen molar-refractivity contribution in [2.24, 2.45) is 5.92 Å². The summed E-state index contributed by atoms with van der Waals surface area (Å²) in [5.41, 5.74) is 0.701. The first-order chi connectivity index (χ1) is 13.3. The molecule has 0 aromatic carbocycles. The van der Waals surface area contributed by atoms with Gasteiger partial charge in [0, 0.05) is 4.88 Å². The number of nitrogens with zero attached hydrogens (tertiary/aromatic N) is 2. The summed E-state index contributed by atoms with van der Waals surface area (Å²) < 4.78 is 6.10. The highest BCUT2D eigenvalue weighted by atomic mass is 35.5. The minimum Gasteiger partial charge on any atom is -0.462 e. The van der Waals surface area contributed by atoms with Crippen molar-refractivity contribution in [3.8, 4) is 0 Å². The number of rotatable bonds is 5. The average Bonchev–Trinajstić information content (AvgIpc) is 2.99. The molecule has 2 aromatic heterocycles. The molecule has 1 N–H and O–H groups in total. The number of esters is 1. The van der Waals surface area contributed by atoms with Crippen LogP contribution in [-0.2, 0) is 28.9 Å². The van der Waals surface area contributed by atoms with Crippen LogP contribution in [0.5, 0.6) is 0 Å². The van der Waals surface area contributed by atoms with Gasteiger partial charge in [-0.15, -0.1) is 11.3 Å². The molecular weight excluding hydrogens is 425 g/mol. The molecular formula is C18H19Cl2N3O4S. The van der Waals surface area contributed by atoms with E-state index in [2.05, 4.69) is 17.3 Å². The third kappa shape index (κ3) is 4.24. The number of carbonyl (C=O) groups is 2. The van der Waals surface area contributed by atoms with E-state index in [9.17, 15) is 14.4 Å². The molecule has 150 valence electrons. The van der Waals surface area contributed by atoms with Gasteiger partial charge in [0.1, 0.15) is 16.6 Å². The van der Waals surface area contributed by atoms with Crippen molar-refractivity contribution in [2.45, 2.75) is 39.7 Å². The van der Waals surface area contributed by atoms with Crippen LogP contribution in [0.1, 0.15) is 41.1 Å². The summed E-state index contributed by atoms with van der Waals surface area (Å²) in [7, 11) is 0. The summed E-state index contributed by atoms with van der Waals surface area (Å²) in [6, 6.07) is 0. The van der Waals surface area contributed by atoms with E-state index < -0.39 is 17.4 Å². The van der Waals surface area contributed by atoms with Crippen LogP contribution < -0.4 is 10.9 Å². The number of fused-ring (bicyclic) bond motifs is 1. The van der Waals surface area contributed by atoms with E-state index in [1.54, 1.807) is 6.92 Å². The van der Waals surface area contributed by atoms with Gasteiger partial charge in [0.15, 0.2) is 0 Å². The van der Waals surface area contributed by atoms with E-state index in [4.69, 9.17) is 27.9 Å². The molecule has 0 saturated carbocycles. The van der Waals surface area contributed by atoms with Crippen LogP contribution in [0.4, 0.5) is 5.00 Å². The van der Waals surface area contributed by atoms with Gasteiger partial charge >= 0.3 is 5.97 Å². The van der Waals surface area contributed by atoms with Crippen LogP contribution in [0.2, 0.25) is 10.0 Å². The first-order valence-corrected chi connectivity index (χ1v) is 10.4. The Kier molecular flexibility index (Phi) is 6.42. The Hall–Kier alpha value is -1.90. The highest BCUT2D eigenvalue weighted by molar-refractivity contribution is 7.17. The van der Waals surface area contributed by atoms with E-state index in [0.717, 1.165) is 34.4 Å². The molecule has 1 aliphatic carbocycles. The van der Waals surface area contributed by atoms with Crippen LogP contribution in [0, 0.1) is 5.92 Å². The second kappa shape index (κ2) is 8.63. The number of anilines is 1. The molecule has 0 aliphatic heterocycles. The van der Waals surface area contributed by atoms with Crippen LogP contribution in [-0.4, -0.2) is 28.3 Å². The monoisotopic (exact) mass is 443 g/mol. The van der Waals surface area contributed by atoms with Crippen molar-refractivity contribution >= 4 is 51.4 Å². The van der Waals surface area contributed by atoms with Crippen molar-refractivity contribution in [1.82, 2.24) is 9.78 Å². The van der Waals surface area contributed by atoms with Crippen molar-refractivity contribution < 1.29 is 14.3 Å². The molecule has 0 bridgehead atoms. The van der Waals surface area contributed by atoms with Gasteiger partial charge < -0.3 is 10.1 Å². The molecule has 7 nitrogen and oxygen atoms in total. The van der Waals surface area contributed by atoms with Crippen LogP contribution in [0.15, 0.2) is 11.0 Å². The van der Waals surface area contributed by atoms with Gasteiger partial charge in [-0.25, -0.2) is 9.48 Å². The molecule has 10 heteroatoms. The predicted octanol–water partition coefficient (Wildman–Crippen LogP) is 3.55. The van der Waals surface area contributed by atoms with Crippen molar-refractivity contribution in [3.63, 3.8) is 0 Å². The maximum Gasteiger partial charge on any atom is 0.341 e. The third-order valence-electron chi connectivity index (χ3n) is 4.48. The molecule has 2 aromatic rings. The maximum atomic E-state index is 12.5. The molecule has 0 radical (unpaired) electrons. The molecule has 0 spiro atoms. The first-order valence-electron chi connectivity index (χ1n) is 8.84. The second-order valence-electron chi connectivity index (χ2n) is 6.59. The number of carbonyl (C=O) groups excluding carboxylic acids is 2. The fraction of sp³-hybridized carbons (Fsp3) is 0.444. The van der Waals surface area contributed by atoms with Gasteiger partial charge in [0.2, 0.25) is 5.91 Å². The first kappa shape index (κ1) is 20.8. The molecule has 1 aliphatic rings. The second-order valence-corrected chi connectivity index (χ2v) is 8.48. The van der Waals surface area contributed by atoms with E-state index >= 15 is 0 Å². The number of halogens is 2. The smallest absolute Gasteiger partial charge is 0.341 e. The fourth-order valence-electron chi connectivity index (χ4n) is 3.12. The van der Waals surface area contributed by atoms with E-state index in [1.165, 1.54) is 17.5 Å². The molecule has 0 saturated heterocycles. The lowest BCUT2D eigenvalue weighted by Gasteiger charge is -2.18. The molecule has 0 unspecified atom stereocenters. The minimum atomic E-state index is -0.658. The Morgan fingerprint density at radius 3 is 2.89 bits per heavy atom. The Balaban J connectivity index is 1.87. The number of nitrogens with one attached hydrogen (secondary N) is 1. The Labute approximate surface area is 175 Å². The lowest BCUT2D eigenvalue weighted by molar-refractivity contribution is -0.117. The fourth-order valence-corrected chi connectivity index (χ4v) is 4.80. The van der Waals surface area contributed by atoms with Gasteiger partial charge in [0.25, 0.3) is 5.56 Å². The van der Waals surface area contributed by atoms with Gasteiger partial charge in [0.05, 0.1) is 23.4 Å². The van der Waals surface area contributed by atoms with E-state index in [0.29, 0.717) is 16.5 Å². The van der Waals surface area contributed by atoms with Crippen molar-refractivity contribution in [1.29, 1.82) is 0 Å². The SMILES string of the molecule is CCOC(=O)c1c(NC(=O)Cn2ncc(Cl)c(Cl)c2=O)sc2c1CC[C@@H](C)C2. The lowest BCUT2D eigenvalue weighted by Crippen LogP contribution is -2.30. The standard InChI is InChI=1S/C18H19Cl2N3O4S/c1-3-27-18(26)14-10-5-4-9(2)6-12(10)28-16(14)22-13(24)8-23-17(25)15(20)11(19)7-21-23/h7,9H,3-6,8H2,1-2H3,(H,22,24)/t9-/m1/s1. The topological polar surface area (TPSA) is 90.3 Å². The van der Waals surface area contributed by atoms with Crippen LogP contribution in [0.3, 0.4) is 0 Å². The highest BCUT2D eigenvalue weighted by Gasteiger charge is 2.29. The predicted molar refractivity (Wildman–Crippen MR) is 109 cm³/mol. The maximum absolute atomic E-state index is 12.5. The van der Waals surface area contributed by atoms with Crippen LogP contribution in [0.25, 0.3) is 0 Å². The molecule has 1 amide bonds. The summed E-state index contributed by atoms with van der Waals surface area (Å²) >= 11 is 12.9. The summed E-state index contributed by atoms with van der Waals surface area (Å²) in [6.07, 6.45) is 3.81. The zero-order valence-corrected chi connectivity index (χ0v) is 17.7. The number of ether oxygens (including phenoxy) is 1. The molecule has 3 rings (SSSR count). The van der Waals surface area contributed by atoms with Gasteiger partial charge in [-0.3, -0.25) is 9.59 Å². The summed E-state index contributed by atoms with van der Waals surface area (Å²) in [5, 5.41) is 6.82. The van der Waals surface area contributed by atoms with Gasteiger partial charge in [-0.1, -0.05) is 30.1 Å². The summed E-state index contributed by atoms with van der Waals surface area (Å²) in [4.78, 5) is 38.1.